The third-order valence-electron chi connectivity index (χ3n) is 4.01. The van der Waals surface area contributed by atoms with Crippen LogP contribution in [0.15, 0.2) is 35.7 Å². The van der Waals surface area contributed by atoms with Crippen molar-refractivity contribution in [1.82, 2.24) is 0 Å². The molecular weight excluding hydrogens is 254 g/mol. The maximum Gasteiger partial charge on any atom is 0.134 e. The quantitative estimate of drug-likeness (QED) is 0.911. The Morgan fingerprint density at radius 2 is 2.16 bits per heavy atom. The lowest BCUT2D eigenvalue weighted by Gasteiger charge is -2.26. The first-order valence-corrected chi connectivity index (χ1v) is 7.64. The number of nitrogens with two attached hydrogens (primary N) is 1. The van der Waals surface area contributed by atoms with E-state index in [1.165, 1.54) is 30.4 Å². The van der Waals surface area contributed by atoms with Crippen molar-refractivity contribution in [3.05, 3.63) is 51.7 Å². The minimum absolute atomic E-state index is 0.0880. The summed E-state index contributed by atoms with van der Waals surface area (Å²) in [6, 6.07) is 10.6. The summed E-state index contributed by atoms with van der Waals surface area (Å²) in [4.78, 5) is 1.10. The Kier molecular flexibility index (Phi) is 3.58. The normalized spacial score (nSPS) is 16.9. The number of rotatable bonds is 4. The van der Waals surface area contributed by atoms with Crippen molar-refractivity contribution < 1.29 is 4.74 Å². The zero-order valence-corrected chi connectivity index (χ0v) is 12.0. The molecule has 0 spiro atoms. The van der Waals surface area contributed by atoms with Gasteiger partial charge in [0, 0.05) is 0 Å². The molecule has 1 fully saturated rings. The van der Waals surface area contributed by atoms with E-state index < -0.39 is 0 Å². The zero-order chi connectivity index (χ0) is 13.2. The van der Waals surface area contributed by atoms with Gasteiger partial charge in [0.2, 0.25) is 0 Å². The van der Waals surface area contributed by atoms with Crippen LogP contribution in [0.5, 0.6) is 5.75 Å². The number of methoxy groups -OCH3 is 1. The second-order valence-corrected chi connectivity index (χ2v) is 6.08. The van der Waals surface area contributed by atoms with Crippen LogP contribution in [0, 0.1) is 0 Å². The lowest BCUT2D eigenvalue weighted by Crippen LogP contribution is -2.13. The molecule has 0 aliphatic heterocycles. The maximum absolute atomic E-state index is 6.40. The van der Waals surface area contributed by atoms with Crippen molar-refractivity contribution in [3.63, 3.8) is 0 Å². The van der Waals surface area contributed by atoms with Gasteiger partial charge in [-0.3, -0.25) is 0 Å². The standard InChI is InChI=1S/C16H19NOS/c1-18-14-8-9-19-16(14)15(17)13-7-3-6-12(10-13)11-4-2-5-11/h3,6-11,15H,2,4-5,17H2,1H3. The van der Waals surface area contributed by atoms with E-state index in [4.69, 9.17) is 10.5 Å². The molecule has 0 amide bonds. The molecule has 100 valence electrons. The second-order valence-electron chi connectivity index (χ2n) is 5.13. The molecule has 1 aliphatic rings. The Balaban J connectivity index is 1.88. The van der Waals surface area contributed by atoms with Crippen LogP contribution in [0.1, 0.15) is 47.2 Å². The fraction of sp³-hybridized carbons (Fsp3) is 0.375. The third kappa shape index (κ3) is 2.40. The van der Waals surface area contributed by atoms with E-state index in [1.54, 1.807) is 18.4 Å². The first kappa shape index (κ1) is 12.7. The zero-order valence-electron chi connectivity index (χ0n) is 11.1. The van der Waals surface area contributed by atoms with Crippen molar-refractivity contribution in [3.8, 4) is 5.75 Å². The Labute approximate surface area is 118 Å². The molecule has 1 saturated carbocycles. The predicted octanol–water partition coefficient (Wildman–Crippen LogP) is 4.07. The first-order valence-electron chi connectivity index (χ1n) is 6.76. The molecule has 19 heavy (non-hydrogen) atoms. The summed E-state index contributed by atoms with van der Waals surface area (Å²) in [6.45, 7) is 0. The molecule has 1 heterocycles. The van der Waals surface area contributed by atoms with Gasteiger partial charge in [0.05, 0.1) is 18.0 Å². The fourth-order valence-electron chi connectivity index (χ4n) is 2.60. The van der Waals surface area contributed by atoms with Gasteiger partial charge in [0.1, 0.15) is 5.75 Å². The van der Waals surface area contributed by atoms with E-state index in [0.717, 1.165) is 16.5 Å². The van der Waals surface area contributed by atoms with Gasteiger partial charge >= 0.3 is 0 Å². The molecule has 1 unspecified atom stereocenters. The smallest absolute Gasteiger partial charge is 0.134 e. The van der Waals surface area contributed by atoms with Crippen LogP contribution >= 0.6 is 11.3 Å². The van der Waals surface area contributed by atoms with Crippen molar-refractivity contribution >= 4 is 11.3 Å². The highest BCUT2D eigenvalue weighted by atomic mass is 32.1. The van der Waals surface area contributed by atoms with Crippen LogP contribution in [-0.4, -0.2) is 7.11 Å². The highest BCUT2D eigenvalue weighted by Crippen LogP contribution is 2.38. The largest absolute Gasteiger partial charge is 0.496 e. The first-order chi connectivity index (χ1) is 9.29. The molecule has 0 radical (unpaired) electrons. The van der Waals surface area contributed by atoms with Gasteiger partial charge in [0.25, 0.3) is 0 Å². The molecule has 0 bridgehead atoms. The number of hydrogen-bond acceptors (Lipinski definition) is 3. The summed E-state index contributed by atoms with van der Waals surface area (Å²) >= 11 is 1.66. The van der Waals surface area contributed by atoms with E-state index >= 15 is 0 Å². The van der Waals surface area contributed by atoms with Crippen molar-refractivity contribution in [2.24, 2.45) is 5.73 Å². The topological polar surface area (TPSA) is 35.2 Å². The molecule has 3 rings (SSSR count). The van der Waals surface area contributed by atoms with E-state index in [1.807, 2.05) is 11.4 Å². The van der Waals surface area contributed by atoms with Gasteiger partial charge in [-0.05, 0) is 41.3 Å². The predicted molar refractivity (Wildman–Crippen MR) is 79.9 cm³/mol. The summed E-state index contributed by atoms with van der Waals surface area (Å²) in [5, 5.41) is 2.03. The van der Waals surface area contributed by atoms with Gasteiger partial charge in [-0.2, -0.15) is 0 Å². The van der Waals surface area contributed by atoms with Crippen LogP contribution in [0.4, 0.5) is 0 Å². The third-order valence-corrected chi connectivity index (χ3v) is 4.99. The Morgan fingerprint density at radius 3 is 2.84 bits per heavy atom. The highest BCUT2D eigenvalue weighted by molar-refractivity contribution is 7.10. The molecule has 3 heteroatoms. The second kappa shape index (κ2) is 5.35. The molecule has 1 aromatic carbocycles. The Morgan fingerprint density at radius 1 is 1.32 bits per heavy atom. The van der Waals surface area contributed by atoms with E-state index in [9.17, 15) is 0 Å². The van der Waals surface area contributed by atoms with Gasteiger partial charge in [-0.15, -0.1) is 11.3 Å². The molecule has 1 aromatic heterocycles. The highest BCUT2D eigenvalue weighted by Gasteiger charge is 2.21. The van der Waals surface area contributed by atoms with Crippen LogP contribution in [0.25, 0.3) is 0 Å². The molecule has 0 saturated heterocycles. The summed E-state index contributed by atoms with van der Waals surface area (Å²) in [6.07, 6.45) is 4.00. The number of thiophene rings is 1. The molecule has 2 nitrogen and oxygen atoms in total. The molecule has 1 aliphatic carbocycles. The maximum atomic E-state index is 6.40. The van der Waals surface area contributed by atoms with Crippen molar-refractivity contribution in [2.75, 3.05) is 7.11 Å². The minimum Gasteiger partial charge on any atom is -0.496 e. The summed E-state index contributed by atoms with van der Waals surface area (Å²) in [5.74, 6) is 1.64. The lowest BCUT2D eigenvalue weighted by atomic mass is 9.79. The van der Waals surface area contributed by atoms with Gasteiger partial charge in [0.15, 0.2) is 0 Å². The van der Waals surface area contributed by atoms with Crippen LogP contribution < -0.4 is 10.5 Å². The minimum atomic E-state index is -0.0880. The Hall–Kier alpha value is -1.32. The number of ether oxygens (including phenoxy) is 1. The summed E-state index contributed by atoms with van der Waals surface area (Å²) in [7, 11) is 1.70. The van der Waals surface area contributed by atoms with E-state index in [-0.39, 0.29) is 6.04 Å². The molecule has 2 aromatic rings. The number of benzene rings is 1. The monoisotopic (exact) mass is 273 g/mol. The summed E-state index contributed by atoms with van der Waals surface area (Å²) in [5.41, 5.74) is 9.02. The van der Waals surface area contributed by atoms with Crippen LogP contribution in [-0.2, 0) is 0 Å². The van der Waals surface area contributed by atoms with E-state index in [0.29, 0.717) is 0 Å². The van der Waals surface area contributed by atoms with Gasteiger partial charge < -0.3 is 10.5 Å². The van der Waals surface area contributed by atoms with Gasteiger partial charge in [-0.1, -0.05) is 30.7 Å². The Bertz CT molecular complexity index is 559. The van der Waals surface area contributed by atoms with Crippen LogP contribution in [0.2, 0.25) is 0 Å². The van der Waals surface area contributed by atoms with E-state index in [2.05, 4.69) is 24.3 Å². The number of hydrogen-bond donors (Lipinski definition) is 1. The molecule has 2 N–H and O–H groups in total. The SMILES string of the molecule is COc1ccsc1C(N)c1cccc(C2CCC2)c1. The van der Waals surface area contributed by atoms with Crippen molar-refractivity contribution in [1.29, 1.82) is 0 Å². The van der Waals surface area contributed by atoms with Crippen molar-refractivity contribution in [2.45, 2.75) is 31.2 Å². The summed E-state index contributed by atoms with van der Waals surface area (Å²) < 4.78 is 5.37. The van der Waals surface area contributed by atoms with Crippen LogP contribution in [0.3, 0.4) is 0 Å². The average molecular weight is 273 g/mol. The molecule has 1 atom stereocenters. The van der Waals surface area contributed by atoms with Gasteiger partial charge in [-0.25, -0.2) is 0 Å². The molecular formula is C16H19NOS. The lowest BCUT2D eigenvalue weighted by molar-refractivity contribution is 0.410. The average Bonchev–Trinajstić information content (AvgIpc) is 2.84. The fourth-order valence-corrected chi connectivity index (χ4v) is 3.49.